The van der Waals surface area contributed by atoms with Crippen molar-refractivity contribution in [2.24, 2.45) is 50.7 Å². The average Bonchev–Trinajstić information content (AvgIpc) is 2.83. The van der Waals surface area contributed by atoms with E-state index in [1.54, 1.807) is 13.4 Å². The van der Waals surface area contributed by atoms with Gasteiger partial charge in [-0.25, -0.2) is 0 Å². The standard InChI is InChI=1S/C32H46O5/c1-19-21-9-10-30(5)24(29(21,4)16-20(18-36-7)26(19)34)15-23(33)25-22-17-28(2,3)11-13-32(22,27(35)37-8)14-12-31(25,30)6/h15,18-19,21-22,25H,9-14,16-17H2,1-8H3. The van der Waals surface area contributed by atoms with Crippen molar-refractivity contribution < 1.29 is 23.9 Å². The zero-order valence-electron chi connectivity index (χ0n) is 24.2. The van der Waals surface area contributed by atoms with Crippen LogP contribution in [0.2, 0.25) is 0 Å². The molecule has 5 heteroatoms. The Morgan fingerprint density at radius 1 is 0.973 bits per heavy atom. The van der Waals surface area contributed by atoms with Crippen molar-refractivity contribution in [1.82, 2.24) is 0 Å². The fourth-order valence-electron chi connectivity index (χ4n) is 10.3. The fraction of sp³-hybridized carbons (Fsp3) is 0.781. The molecule has 0 amide bonds. The molecule has 0 aromatic rings. The van der Waals surface area contributed by atoms with Crippen LogP contribution in [0.3, 0.4) is 0 Å². The predicted octanol–water partition coefficient (Wildman–Crippen LogP) is 6.46. The van der Waals surface area contributed by atoms with E-state index in [1.807, 2.05) is 6.08 Å². The topological polar surface area (TPSA) is 69.7 Å². The first-order valence-corrected chi connectivity index (χ1v) is 14.3. The summed E-state index contributed by atoms with van der Waals surface area (Å²) in [6.45, 7) is 13.6. The lowest BCUT2D eigenvalue weighted by molar-refractivity contribution is -0.191. The SMILES string of the molecule is COC=C1CC2(C)C3=CC(=O)C4C5CC(C)(C)CCC5(C(=O)OC)CCC4(C)C3(C)CCC2C(C)C1=O. The fourth-order valence-corrected chi connectivity index (χ4v) is 10.3. The Labute approximate surface area is 222 Å². The maximum absolute atomic E-state index is 14.4. The van der Waals surface area contributed by atoms with Gasteiger partial charge < -0.3 is 9.47 Å². The van der Waals surface area contributed by atoms with E-state index >= 15 is 0 Å². The van der Waals surface area contributed by atoms with Crippen LogP contribution in [-0.4, -0.2) is 31.8 Å². The van der Waals surface area contributed by atoms with Gasteiger partial charge in [0.25, 0.3) is 0 Å². The van der Waals surface area contributed by atoms with E-state index in [-0.39, 0.29) is 62.9 Å². The van der Waals surface area contributed by atoms with Crippen molar-refractivity contribution in [2.75, 3.05) is 14.2 Å². The van der Waals surface area contributed by atoms with E-state index in [0.717, 1.165) is 50.5 Å². The van der Waals surface area contributed by atoms with Crippen LogP contribution in [0, 0.1) is 50.7 Å². The molecule has 0 heterocycles. The summed E-state index contributed by atoms with van der Waals surface area (Å²) in [4.78, 5) is 40.9. The largest absolute Gasteiger partial charge is 0.504 e. The lowest BCUT2D eigenvalue weighted by Crippen LogP contribution is -2.65. The molecular weight excluding hydrogens is 464 g/mol. The number of carbonyl (C=O) groups is 3. The first-order valence-electron chi connectivity index (χ1n) is 14.3. The number of fused-ring (bicyclic) bond motifs is 7. The molecule has 0 aromatic heterocycles. The van der Waals surface area contributed by atoms with Crippen LogP contribution in [0.4, 0.5) is 0 Å². The van der Waals surface area contributed by atoms with Gasteiger partial charge in [0.05, 0.1) is 25.9 Å². The molecule has 4 saturated carbocycles. The molecule has 5 rings (SSSR count). The second-order valence-corrected chi connectivity index (χ2v) is 14.6. The Hall–Kier alpha value is -1.91. The second kappa shape index (κ2) is 8.29. The first-order chi connectivity index (χ1) is 17.2. The van der Waals surface area contributed by atoms with Crippen LogP contribution in [0.1, 0.15) is 92.9 Å². The summed E-state index contributed by atoms with van der Waals surface area (Å²) in [7, 11) is 3.10. The van der Waals surface area contributed by atoms with Gasteiger partial charge in [0.1, 0.15) is 0 Å². The Morgan fingerprint density at radius 3 is 2.30 bits per heavy atom. The highest BCUT2D eigenvalue weighted by Crippen LogP contribution is 2.74. The van der Waals surface area contributed by atoms with Gasteiger partial charge in [0.15, 0.2) is 11.6 Å². The summed E-state index contributed by atoms with van der Waals surface area (Å²) >= 11 is 0. The van der Waals surface area contributed by atoms with Gasteiger partial charge in [0, 0.05) is 17.4 Å². The Kier molecular flexibility index (Phi) is 5.98. The minimum Gasteiger partial charge on any atom is -0.504 e. The zero-order chi connectivity index (χ0) is 27.2. The summed E-state index contributed by atoms with van der Waals surface area (Å²) in [5.74, 6) is 0.180. The predicted molar refractivity (Wildman–Crippen MR) is 142 cm³/mol. The number of ether oxygens (including phenoxy) is 2. The van der Waals surface area contributed by atoms with Crippen molar-refractivity contribution in [2.45, 2.75) is 92.9 Å². The summed E-state index contributed by atoms with van der Waals surface area (Å²) in [6.07, 6.45) is 10.5. The molecule has 4 fully saturated rings. The van der Waals surface area contributed by atoms with Gasteiger partial charge >= 0.3 is 5.97 Å². The lowest BCUT2D eigenvalue weighted by Gasteiger charge is -2.68. The summed E-state index contributed by atoms with van der Waals surface area (Å²) in [6, 6.07) is 0. The molecule has 8 unspecified atom stereocenters. The third-order valence-corrected chi connectivity index (χ3v) is 12.5. The molecular formula is C32H46O5. The zero-order valence-corrected chi connectivity index (χ0v) is 24.2. The highest BCUT2D eigenvalue weighted by molar-refractivity contribution is 5.99. The number of carbonyl (C=O) groups excluding carboxylic acids is 3. The highest BCUT2D eigenvalue weighted by atomic mass is 16.5. The highest BCUT2D eigenvalue weighted by Gasteiger charge is 2.70. The van der Waals surface area contributed by atoms with Crippen molar-refractivity contribution in [1.29, 1.82) is 0 Å². The first kappa shape index (κ1) is 26.7. The van der Waals surface area contributed by atoms with Crippen LogP contribution in [0.25, 0.3) is 0 Å². The Balaban J connectivity index is 1.65. The Morgan fingerprint density at radius 2 is 1.65 bits per heavy atom. The van der Waals surface area contributed by atoms with E-state index in [4.69, 9.17) is 9.47 Å². The van der Waals surface area contributed by atoms with Crippen LogP contribution in [-0.2, 0) is 23.9 Å². The minimum atomic E-state index is -0.562. The normalized spacial score (nSPS) is 47.7. The smallest absolute Gasteiger partial charge is 0.312 e. The molecule has 0 saturated heterocycles. The van der Waals surface area contributed by atoms with Gasteiger partial charge in [-0.2, -0.15) is 0 Å². The quantitative estimate of drug-likeness (QED) is 0.242. The maximum atomic E-state index is 14.4. The number of esters is 1. The maximum Gasteiger partial charge on any atom is 0.312 e. The molecule has 37 heavy (non-hydrogen) atoms. The van der Waals surface area contributed by atoms with Gasteiger partial charge in [-0.3, -0.25) is 14.4 Å². The average molecular weight is 511 g/mol. The van der Waals surface area contributed by atoms with Gasteiger partial charge in [-0.05, 0) is 90.9 Å². The van der Waals surface area contributed by atoms with Gasteiger partial charge in [0.2, 0.25) is 0 Å². The summed E-state index contributed by atoms with van der Waals surface area (Å²) < 4.78 is 10.7. The van der Waals surface area contributed by atoms with Crippen LogP contribution < -0.4 is 0 Å². The molecule has 0 N–H and O–H groups in total. The molecule has 0 spiro atoms. The number of hydrogen-bond donors (Lipinski definition) is 0. The number of hydrogen-bond acceptors (Lipinski definition) is 5. The Bertz CT molecular complexity index is 1100. The number of allylic oxidation sites excluding steroid dienone is 3. The molecule has 8 atom stereocenters. The molecule has 204 valence electrons. The summed E-state index contributed by atoms with van der Waals surface area (Å²) in [5, 5.41) is 0. The van der Waals surface area contributed by atoms with Crippen molar-refractivity contribution in [3.05, 3.63) is 23.5 Å². The van der Waals surface area contributed by atoms with Crippen LogP contribution in [0.15, 0.2) is 23.5 Å². The summed E-state index contributed by atoms with van der Waals surface area (Å²) in [5.41, 5.74) is 0.827. The minimum absolute atomic E-state index is 0.00842. The van der Waals surface area contributed by atoms with Crippen molar-refractivity contribution >= 4 is 17.5 Å². The van der Waals surface area contributed by atoms with E-state index in [2.05, 4.69) is 41.5 Å². The van der Waals surface area contributed by atoms with E-state index < -0.39 is 5.41 Å². The number of Topliss-reactive ketones (excluding diaryl/α,β-unsaturated/α-hetero) is 1. The molecule has 5 aliphatic carbocycles. The van der Waals surface area contributed by atoms with Crippen LogP contribution >= 0.6 is 0 Å². The lowest BCUT2D eigenvalue weighted by atomic mass is 9.34. The molecule has 0 aromatic carbocycles. The van der Waals surface area contributed by atoms with E-state index in [1.165, 1.54) is 12.7 Å². The molecule has 0 aliphatic heterocycles. The van der Waals surface area contributed by atoms with Gasteiger partial charge in [-0.1, -0.05) is 47.1 Å². The molecule has 5 aliphatic rings. The molecule has 0 radical (unpaired) electrons. The second-order valence-electron chi connectivity index (χ2n) is 14.6. The number of ketones is 2. The monoisotopic (exact) mass is 510 g/mol. The third-order valence-electron chi connectivity index (χ3n) is 12.5. The van der Waals surface area contributed by atoms with Crippen molar-refractivity contribution in [3.63, 3.8) is 0 Å². The third kappa shape index (κ3) is 3.37. The molecule has 0 bridgehead atoms. The van der Waals surface area contributed by atoms with Crippen LogP contribution in [0.5, 0.6) is 0 Å². The number of methoxy groups -OCH3 is 2. The molecule has 5 nitrogen and oxygen atoms in total. The van der Waals surface area contributed by atoms with E-state index in [9.17, 15) is 14.4 Å². The van der Waals surface area contributed by atoms with E-state index in [0.29, 0.717) is 6.42 Å². The van der Waals surface area contributed by atoms with Crippen molar-refractivity contribution in [3.8, 4) is 0 Å². The number of rotatable bonds is 2. The van der Waals surface area contributed by atoms with Gasteiger partial charge in [-0.15, -0.1) is 0 Å².